The molecule has 0 aromatic carbocycles. The van der Waals surface area contributed by atoms with Gasteiger partial charge in [0.1, 0.15) is 29.8 Å². The number of fused-ring (bicyclic) bond motifs is 2. The first-order valence-corrected chi connectivity index (χ1v) is 14.1. The summed E-state index contributed by atoms with van der Waals surface area (Å²) in [6.07, 6.45) is 5.93. The van der Waals surface area contributed by atoms with Gasteiger partial charge >= 0.3 is 5.97 Å². The fourth-order valence-electron chi connectivity index (χ4n) is 5.92. The predicted molar refractivity (Wildman–Crippen MR) is 142 cm³/mol. The van der Waals surface area contributed by atoms with E-state index < -0.39 is 47.2 Å². The van der Waals surface area contributed by atoms with E-state index in [0.717, 1.165) is 0 Å². The summed E-state index contributed by atoms with van der Waals surface area (Å²) in [5.74, 6) is -3.21. The molecule has 6 atom stereocenters. The van der Waals surface area contributed by atoms with Crippen molar-refractivity contribution in [3.8, 4) is 0 Å². The number of nitrogens with zero attached hydrogens (tertiary/aromatic N) is 2. The number of aliphatic hydroxyl groups excluding tert-OH is 1. The SMILES string of the molecule is C[C@H]1CNC(=O)CC/C=C\CN(C(C)(C)C)C(=O)[C@H]2N(CCCCO)C(=O)[C@@H]3[C@@H](C(=O)O1)[C@@H]1O[C@@]32C=C1Br. The van der Waals surface area contributed by atoms with Crippen LogP contribution in [0.25, 0.3) is 0 Å². The van der Waals surface area contributed by atoms with Crippen molar-refractivity contribution in [1.29, 1.82) is 0 Å². The quantitative estimate of drug-likeness (QED) is 0.287. The van der Waals surface area contributed by atoms with E-state index in [1.54, 1.807) is 17.9 Å². The average molecular weight is 597 g/mol. The summed E-state index contributed by atoms with van der Waals surface area (Å²) >= 11 is 3.53. The normalized spacial score (nSPS) is 35.2. The van der Waals surface area contributed by atoms with Gasteiger partial charge in [0.25, 0.3) is 0 Å². The van der Waals surface area contributed by atoms with Gasteiger partial charge in [-0.15, -0.1) is 0 Å². The number of aliphatic hydroxyl groups is 1. The van der Waals surface area contributed by atoms with E-state index in [0.29, 0.717) is 23.7 Å². The molecule has 11 heteroatoms. The molecule has 210 valence electrons. The first-order valence-electron chi connectivity index (χ1n) is 13.3. The third-order valence-corrected chi connectivity index (χ3v) is 8.39. The lowest BCUT2D eigenvalue weighted by atomic mass is 9.74. The highest BCUT2D eigenvalue weighted by Crippen LogP contribution is 2.59. The van der Waals surface area contributed by atoms with Gasteiger partial charge in [0.2, 0.25) is 17.7 Å². The van der Waals surface area contributed by atoms with Crippen molar-refractivity contribution in [2.24, 2.45) is 11.8 Å². The van der Waals surface area contributed by atoms with Crippen LogP contribution in [0.1, 0.15) is 53.4 Å². The topological polar surface area (TPSA) is 125 Å². The Morgan fingerprint density at radius 2 is 1.89 bits per heavy atom. The van der Waals surface area contributed by atoms with E-state index in [1.165, 1.54) is 4.90 Å². The van der Waals surface area contributed by atoms with Crippen LogP contribution >= 0.6 is 15.9 Å². The number of halogens is 1. The van der Waals surface area contributed by atoms with Crippen molar-refractivity contribution in [3.63, 3.8) is 0 Å². The molecule has 38 heavy (non-hydrogen) atoms. The van der Waals surface area contributed by atoms with Crippen LogP contribution in [0.4, 0.5) is 0 Å². The van der Waals surface area contributed by atoms with Gasteiger partial charge in [-0.3, -0.25) is 19.2 Å². The van der Waals surface area contributed by atoms with Crippen molar-refractivity contribution in [3.05, 3.63) is 22.7 Å². The Kier molecular flexibility index (Phi) is 8.40. The molecule has 0 saturated carbocycles. The first kappa shape index (κ1) is 28.8. The average Bonchev–Trinajstić information content (AvgIpc) is 3.42. The van der Waals surface area contributed by atoms with Crippen LogP contribution in [0.3, 0.4) is 0 Å². The van der Waals surface area contributed by atoms with E-state index in [4.69, 9.17) is 9.47 Å². The summed E-state index contributed by atoms with van der Waals surface area (Å²) in [7, 11) is 0. The van der Waals surface area contributed by atoms with E-state index in [1.807, 2.05) is 32.9 Å². The van der Waals surface area contributed by atoms with E-state index in [9.17, 15) is 24.3 Å². The number of ether oxygens (including phenoxy) is 2. The molecule has 3 amide bonds. The Morgan fingerprint density at radius 1 is 1.16 bits per heavy atom. The number of cyclic esters (lactones) is 1. The van der Waals surface area contributed by atoms with Crippen LogP contribution < -0.4 is 5.32 Å². The molecule has 4 rings (SSSR count). The van der Waals surface area contributed by atoms with Gasteiger partial charge in [-0.2, -0.15) is 0 Å². The number of hydrogen-bond acceptors (Lipinski definition) is 7. The number of amides is 3. The van der Waals surface area contributed by atoms with E-state index in [-0.39, 0.29) is 50.4 Å². The summed E-state index contributed by atoms with van der Waals surface area (Å²) in [5.41, 5.74) is -1.90. The zero-order chi connectivity index (χ0) is 27.8. The maximum atomic E-state index is 14.4. The van der Waals surface area contributed by atoms with Crippen molar-refractivity contribution in [1.82, 2.24) is 15.1 Å². The maximum Gasteiger partial charge on any atom is 0.313 e. The molecule has 0 aromatic rings. The van der Waals surface area contributed by atoms with Gasteiger partial charge in [-0.1, -0.05) is 28.1 Å². The minimum Gasteiger partial charge on any atom is -0.460 e. The molecule has 0 aromatic heterocycles. The zero-order valence-electron chi connectivity index (χ0n) is 22.4. The molecule has 10 nitrogen and oxygen atoms in total. The third-order valence-electron chi connectivity index (χ3n) is 7.71. The Balaban J connectivity index is 1.79. The number of nitrogens with one attached hydrogen (secondary N) is 1. The minimum atomic E-state index is -1.32. The Hall–Kier alpha value is -2.24. The highest BCUT2D eigenvalue weighted by atomic mass is 79.9. The zero-order valence-corrected chi connectivity index (χ0v) is 24.0. The van der Waals surface area contributed by atoms with Crippen molar-refractivity contribution < 1.29 is 33.8 Å². The van der Waals surface area contributed by atoms with Crippen LogP contribution in [0, 0.1) is 11.8 Å². The van der Waals surface area contributed by atoms with E-state index in [2.05, 4.69) is 21.2 Å². The number of carbonyl (C=O) groups is 4. The van der Waals surface area contributed by atoms with Gasteiger partial charge < -0.3 is 29.7 Å². The van der Waals surface area contributed by atoms with Crippen molar-refractivity contribution in [2.45, 2.75) is 82.8 Å². The number of likely N-dealkylation sites (tertiary alicyclic amines) is 1. The molecule has 4 aliphatic heterocycles. The maximum absolute atomic E-state index is 14.4. The van der Waals surface area contributed by atoms with Crippen molar-refractivity contribution >= 4 is 39.6 Å². The summed E-state index contributed by atoms with van der Waals surface area (Å²) in [6, 6.07) is -0.974. The largest absolute Gasteiger partial charge is 0.460 e. The lowest BCUT2D eigenvalue weighted by molar-refractivity contribution is -0.158. The lowest BCUT2D eigenvalue weighted by Crippen LogP contribution is -2.59. The van der Waals surface area contributed by atoms with Crippen LogP contribution in [0.2, 0.25) is 0 Å². The standard InChI is InChI=1S/C27H38BrN3O7/c1-16-15-29-18(33)10-6-5-7-12-31(26(2,3)4)24(35)22-27-14-17(28)21(38-27)19(25(36)37-16)20(27)23(34)30(22)11-8-9-13-32/h5,7,14,16,19-22,32H,6,8-13,15H2,1-4H3,(H,29,33)/b7-5-/t16-,19+,20-,21+,22+,27-/m0/s1. The van der Waals surface area contributed by atoms with Gasteiger partial charge in [0, 0.05) is 36.1 Å². The summed E-state index contributed by atoms with van der Waals surface area (Å²) in [5, 5.41) is 12.1. The number of esters is 1. The molecule has 2 fully saturated rings. The molecule has 1 spiro atoms. The van der Waals surface area contributed by atoms with Gasteiger partial charge in [0.05, 0.1) is 12.5 Å². The third kappa shape index (κ3) is 5.16. The molecule has 4 aliphatic rings. The minimum absolute atomic E-state index is 0.0263. The highest BCUT2D eigenvalue weighted by molar-refractivity contribution is 9.11. The molecule has 0 unspecified atom stereocenters. The molecule has 5 bridgehead atoms. The number of allylic oxidation sites excluding steroid dienone is 1. The fraction of sp³-hybridized carbons (Fsp3) is 0.704. The summed E-state index contributed by atoms with van der Waals surface area (Å²) in [4.78, 5) is 57.4. The smallest absolute Gasteiger partial charge is 0.313 e. The molecule has 0 radical (unpaired) electrons. The lowest BCUT2D eigenvalue weighted by Gasteiger charge is -2.41. The van der Waals surface area contributed by atoms with Gasteiger partial charge in [-0.05, 0) is 53.0 Å². The second-order valence-corrected chi connectivity index (χ2v) is 12.4. The van der Waals surface area contributed by atoms with Gasteiger partial charge in [0.15, 0.2) is 0 Å². The molecule has 4 heterocycles. The Bertz CT molecular complexity index is 1040. The van der Waals surface area contributed by atoms with Crippen molar-refractivity contribution in [2.75, 3.05) is 26.2 Å². The molecular formula is C27H38BrN3O7. The first-order chi connectivity index (χ1) is 17.9. The fourth-order valence-corrected chi connectivity index (χ4v) is 6.65. The van der Waals surface area contributed by atoms with E-state index >= 15 is 0 Å². The number of unbranched alkanes of at least 4 members (excludes halogenated alkanes) is 1. The molecule has 2 N–H and O–H groups in total. The second-order valence-electron chi connectivity index (χ2n) is 11.5. The highest BCUT2D eigenvalue weighted by Gasteiger charge is 2.75. The Morgan fingerprint density at radius 3 is 2.58 bits per heavy atom. The van der Waals surface area contributed by atoms with Crippen LogP contribution in [-0.2, 0) is 28.7 Å². The second kappa shape index (κ2) is 11.1. The van der Waals surface area contributed by atoms with Gasteiger partial charge in [-0.25, -0.2) is 0 Å². The molecule has 0 aliphatic carbocycles. The summed E-state index contributed by atoms with van der Waals surface area (Å²) in [6.45, 7) is 8.14. The number of carbonyl (C=O) groups excluding carboxylic acids is 4. The molecular weight excluding hydrogens is 558 g/mol. The van der Waals surface area contributed by atoms with Crippen LogP contribution in [0.15, 0.2) is 22.7 Å². The monoisotopic (exact) mass is 595 g/mol. The summed E-state index contributed by atoms with van der Waals surface area (Å²) < 4.78 is 12.7. The number of rotatable bonds is 4. The van der Waals surface area contributed by atoms with Crippen LogP contribution in [0.5, 0.6) is 0 Å². The van der Waals surface area contributed by atoms with Crippen LogP contribution in [-0.4, -0.2) is 94.2 Å². The Labute approximate surface area is 231 Å². The predicted octanol–water partition coefficient (Wildman–Crippen LogP) is 1.66. The number of hydrogen-bond donors (Lipinski definition) is 2. The molecule has 2 saturated heterocycles.